The maximum Gasteiger partial charge on any atom is 0.157 e. The van der Waals surface area contributed by atoms with Crippen molar-refractivity contribution in [2.45, 2.75) is 96.7 Å². The molecule has 1 heterocycles. The third kappa shape index (κ3) is 11.9. The fraction of sp³-hybridized carbons (Fsp3) is 0.895. The van der Waals surface area contributed by atoms with Crippen LogP contribution < -0.4 is 0 Å². The number of allylic oxidation sites excluding steroid dienone is 2. The molecule has 1 aliphatic heterocycles. The average molecular weight is 296 g/mol. The number of hydrogen-bond donors (Lipinski definition) is 0. The molecule has 0 aromatic heterocycles. The molecule has 21 heavy (non-hydrogen) atoms. The van der Waals surface area contributed by atoms with Gasteiger partial charge in [0, 0.05) is 6.61 Å². The molecule has 0 aliphatic carbocycles. The number of ether oxygens (including phenoxy) is 2. The summed E-state index contributed by atoms with van der Waals surface area (Å²) in [5.74, 6) is 0. The summed E-state index contributed by atoms with van der Waals surface area (Å²) in [6, 6.07) is 0. The topological polar surface area (TPSA) is 18.5 Å². The molecule has 2 heteroatoms. The number of hydrogen-bond acceptors (Lipinski definition) is 2. The van der Waals surface area contributed by atoms with Crippen LogP contribution in [0.5, 0.6) is 0 Å². The monoisotopic (exact) mass is 296 g/mol. The third-order valence-electron chi connectivity index (χ3n) is 4.10. The van der Waals surface area contributed by atoms with Gasteiger partial charge in [0.15, 0.2) is 6.29 Å². The zero-order chi connectivity index (χ0) is 15.0. The molecule has 0 aromatic rings. The van der Waals surface area contributed by atoms with Gasteiger partial charge in [0.25, 0.3) is 0 Å². The molecule has 1 saturated heterocycles. The van der Waals surface area contributed by atoms with Crippen molar-refractivity contribution in [2.24, 2.45) is 0 Å². The summed E-state index contributed by atoms with van der Waals surface area (Å²) in [6.07, 6.45) is 21.6. The van der Waals surface area contributed by atoms with Gasteiger partial charge in [-0.05, 0) is 44.9 Å². The Balaban J connectivity index is 1.76. The summed E-state index contributed by atoms with van der Waals surface area (Å²) in [5.41, 5.74) is 0. The Kier molecular flexibility index (Phi) is 13.0. The van der Waals surface area contributed by atoms with Gasteiger partial charge in [0.1, 0.15) is 0 Å². The fourth-order valence-corrected chi connectivity index (χ4v) is 2.71. The summed E-state index contributed by atoms with van der Waals surface area (Å²) in [4.78, 5) is 0. The molecule has 1 rings (SSSR count). The van der Waals surface area contributed by atoms with E-state index in [1.807, 2.05) is 0 Å². The van der Waals surface area contributed by atoms with Crippen LogP contribution in [0.2, 0.25) is 0 Å². The molecule has 0 spiro atoms. The van der Waals surface area contributed by atoms with Gasteiger partial charge in [-0.3, -0.25) is 0 Å². The van der Waals surface area contributed by atoms with E-state index in [2.05, 4.69) is 19.1 Å². The van der Waals surface area contributed by atoms with Gasteiger partial charge in [-0.1, -0.05) is 57.6 Å². The first kappa shape index (κ1) is 18.7. The van der Waals surface area contributed by atoms with Crippen molar-refractivity contribution in [3.8, 4) is 0 Å². The van der Waals surface area contributed by atoms with Crippen molar-refractivity contribution in [2.75, 3.05) is 13.2 Å². The maximum atomic E-state index is 5.72. The van der Waals surface area contributed by atoms with Gasteiger partial charge in [-0.2, -0.15) is 0 Å². The molecule has 0 aromatic carbocycles. The first-order chi connectivity index (χ1) is 10.4. The second kappa shape index (κ2) is 14.6. The summed E-state index contributed by atoms with van der Waals surface area (Å²) < 4.78 is 11.3. The molecule has 2 nitrogen and oxygen atoms in total. The highest BCUT2D eigenvalue weighted by Gasteiger charge is 2.12. The SMILES string of the molecule is CCCCCCCCC/C=C/CCCOC1CCCCO1. The molecule has 0 saturated carbocycles. The van der Waals surface area contributed by atoms with Crippen LogP contribution in [0.4, 0.5) is 0 Å². The lowest BCUT2D eigenvalue weighted by atomic mass is 10.1. The minimum atomic E-state index is 0.0791. The molecule has 124 valence electrons. The Bertz CT molecular complexity index is 232. The van der Waals surface area contributed by atoms with E-state index in [4.69, 9.17) is 9.47 Å². The first-order valence-electron chi connectivity index (χ1n) is 9.31. The molecule has 0 bridgehead atoms. The van der Waals surface area contributed by atoms with Gasteiger partial charge in [0.2, 0.25) is 0 Å². The minimum Gasteiger partial charge on any atom is -0.353 e. The summed E-state index contributed by atoms with van der Waals surface area (Å²) in [6.45, 7) is 3.99. The fourth-order valence-electron chi connectivity index (χ4n) is 2.71. The predicted octanol–water partition coefficient (Wildman–Crippen LogP) is 6.01. The van der Waals surface area contributed by atoms with Crippen LogP contribution in [-0.2, 0) is 9.47 Å². The quantitative estimate of drug-likeness (QED) is 0.306. The lowest BCUT2D eigenvalue weighted by Gasteiger charge is -2.22. The Morgan fingerprint density at radius 1 is 0.905 bits per heavy atom. The van der Waals surface area contributed by atoms with Crippen LogP contribution in [0, 0.1) is 0 Å². The molecule has 0 amide bonds. The van der Waals surface area contributed by atoms with Crippen molar-refractivity contribution in [3.05, 3.63) is 12.2 Å². The molecule has 0 radical (unpaired) electrons. The Morgan fingerprint density at radius 2 is 1.62 bits per heavy atom. The van der Waals surface area contributed by atoms with E-state index >= 15 is 0 Å². The molecule has 1 atom stereocenters. The van der Waals surface area contributed by atoms with Crippen LogP contribution in [0.15, 0.2) is 12.2 Å². The lowest BCUT2D eigenvalue weighted by Crippen LogP contribution is -2.22. The smallest absolute Gasteiger partial charge is 0.157 e. The minimum absolute atomic E-state index is 0.0791. The van der Waals surface area contributed by atoms with E-state index in [1.54, 1.807) is 0 Å². The van der Waals surface area contributed by atoms with Gasteiger partial charge >= 0.3 is 0 Å². The summed E-state index contributed by atoms with van der Waals surface area (Å²) in [5, 5.41) is 0. The number of unbranched alkanes of at least 4 members (excludes halogenated alkanes) is 8. The van der Waals surface area contributed by atoms with Crippen molar-refractivity contribution in [1.82, 2.24) is 0 Å². The van der Waals surface area contributed by atoms with E-state index in [1.165, 1.54) is 64.2 Å². The van der Waals surface area contributed by atoms with Crippen molar-refractivity contribution in [1.29, 1.82) is 0 Å². The van der Waals surface area contributed by atoms with E-state index in [-0.39, 0.29) is 6.29 Å². The number of rotatable bonds is 13. The average Bonchev–Trinajstić information content (AvgIpc) is 2.53. The van der Waals surface area contributed by atoms with Gasteiger partial charge < -0.3 is 9.47 Å². The predicted molar refractivity (Wildman–Crippen MR) is 90.5 cm³/mol. The van der Waals surface area contributed by atoms with Crippen LogP contribution in [0.25, 0.3) is 0 Å². The Morgan fingerprint density at radius 3 is 2.33 bits per heavy atom. The molecular weight excluding hydrogens is 260 g/mol. The standard InChI is InChI=1S/C19H36O2/c1-2-3-4-5-6-7-8-9-10-11-12-14-17-20-19-16-13-15-18-21-19/h10-11,19H,2-9,12-18H2,1H3/b11-10+. The van der Waals surface area contributed by atoms with Crippen LogP contribution in [-0.4, -0.2) is 19.5 Å². The van der Waals surface area contributed by atoms with Crippen LogP contribution in [0.1, 0.15) is 90.4 Å². The molecular formula is C19H36O2. The van der Waals surface area contributed by atoms with Gasteiger partial charge in [0.05, 0.1) is 6.61 Å². The maximum absolute atomic E-state index is 5.72. The third-order valence-corrected chi connectivity index (χ3v) is 4.10. The van der Waals surface area contributed by atoms with E-state index in [0.717, 1.165) is 32.5 Å². The summed E-state index contributed by atoms with van der Waals surface area (Å²) in [7, 11) is 0. The molecule has 1 fully saturated rings. The lowest BCUT2D eigenvalue weighted by molar-refractivity contribution is -0.162. The molecule has 0 N–H and O–H groups in total. The Labute approximate surface area is 132 Å². The van der Waals surface area contributed by atoms with E-state index < -0.39 is 0 Å². The Hall–Kier alpha value is -0.340. The highest BCUT2D eigenvalue weighted by atomic mass is 16.7. The molecule has 1 unspecified atom stereocenters. The van der Waals surface area contributed by atoms with Crippen LogP contribution >= 0.6 is 0 Å². The molecule has 1 aliphatic rings. The first-order valence-corrected chi connectivity index (χ1v) is 9.31. The van der Waals surface area contributed by atoms with Crippen molar-refractivity contribution in [3.63, 3.8) is 0 Å². The zero-order valence-electron chi connectivity index (χ0n) is 14.2. The highest BCUT2D eigenvalue weighted by Crippen LogP contribution is 2.14. The largest absolute Gasteiger partial charge is 0.353 e. The normalized spacial score (nSPS) is 19.4. The highest BCUT2D eigenvalue weighted by molar-refractivity contribution is 4.81. The van der Waals surface area contributed by atoms with E-state index in [9.17, 15) is 0 Å². The van der Waals surface area contributed by atoms with Crippen molar-refractivity contribution >= 4 is 0 Å². The van der Waals surface area contributed by atoms with Gasteiger partial charge in [-0.25, -0.2) is 0 Å². The van der Waals surface area contributed by atoms with E-state index in [0.29, 0.717) is 0 Å². The van der Waals surface area contributed by atoms with Crippen LogP contribution in [0.3, 0.4) is 0 Å². The second-order valence-corrected chi connectivity index (χ2v) is 6.19. The van der Waals surface area contributed by atoms with Gasteiger partial charge in [-0.15, -0.1) is 0 Å². The summed E-state index contributed by atoms with van der Waals surface area (Å²) >= 11 is 0. The van der Waals surface area contributed by atoms with Crippen molar-refractivity contribution < 1.29 is 9.47 Å². The zero-order valence-corrected chi connectivity index (χ0v) is 14.2. The second-order valence-electron chi connectivity index (χ2n) is 6.19.